The number of ether oxygens (including phenoxy) is 1. The lowest BCUT2D eigenvalue weighted by atomic mass is 9.47. The Balaban J connectivity index is 1.63. The molecule has 1 unspecified atom stereocenters. The third-order valence-electron chi connectivity index (χ3n) is 8.82. The third-order valence-corrected chi connectivity index (χ3v) is 8.82. The summed E-state index contributed by atoms with van der Waals surface area (Å²) in [4.78, 5) is 25.0. The van der Waals surface area contributed by atoms with Gasteiger partial charge >= 0.3 is 0 Å². The summed E-state index contributed by atoms with van der Waals surface area (Å²) in [5.41, 5.74) is 1.24. The molecule has 0 aromatic heterocycles. The second kappa shape index (κ2) is 7.13. The van der Waals surface area contributed by atoms with E-state index in [1.165, 1.54) is 18.4 Å². The monoisotopic (exact) mass is 372 g/mol. The molecule has 0 bridgehead atoms. The van der Waals surface area contributed by atoms with Crippen LogP contribution in [0.5, 0.6) is 0 Å². The zero-order valence-electron chi connectivity index (χ0n) is 17.4. The standard InChI is InChI=1S/C24H36O3/c1-4-5-6-13-27-22-15-20-18(19-9-10-21(26)24(19,22)3)8-7-16-14-17(25)11-12-23(16,20)2/h14,18-20,22H,4-13,15H2,1-3H3/t18-,19-,20+,22?,23-,24-/m0/s1. The van der Waals surface area contributed by atoms with Crippen LogP contribution in [0.1, 0.15) is 85.0 Å². The van der Waals surface area contributed by atoms with Crippen LogP contribution in [0, 0.1) is 28.6 Å². The van der Waals surface area contributed by atoms with Crippen molar-refractivity contribution in [1.82, 2.24) is 0 Å². The first kappa shape index (κ1) is 19.4. The first-order valence-electron chi connectivity index (χ1n) is 11.3. The highest BCUT2D eigenvalue weighted by atomic mass is 16.5. The summed E-state index contributed by atoms with van der Waals surface area (Å²) in [6.07, 6.45) is 12.1. The number of hydrogen-bond donors (Lipinski definition) is 0. The van der Waals surface area contributed by atoms with Crippen molar-refractivity contribution in [3.8, 4) is 0 Å². The minimum atomic E-state index is -0.282. The molecule has 3 saturated carbocycles. The van der Waals surface area contributed by atoms with Gasteiger partial charge in [0.05, 0.1) is 11.5 Å². The topological polar surface area (TPSA) is 43.4 Å². The summed E-state index contributed by atoms with van der Waals surface area (Å²) in [7, 11) is 0. The molecule has 0 aromatic carbocycles. The maximum atomic E-state index is 13.0. The Morgan fingerprint density at radius 2 is 1.89 bits per heavy atom. The maximum Gasteiger partial charge on any atom is 0.155 e. The van der Waals surface area contributed by atoms with E-state index in [4.69, 9.17) is 4.74 Å². The van der Waals surface area contributed by atoms with Crippen LogP contribution in [-0.2, 0) is 14.3 Å². The lowest BCUT2D eigenvalue weighted by Crippen LogP contribution is -2.57. The molecule has 3 heteroatoms. The molecule has 0 radical (unpaired) electrons. The van der Waals surface area contributed by atoms with Gasteiger partial charge in [0.1, 0.15) is 5.78 Å². The van der Waals surface area contributed by atoms with E-state index < -0.39 is 0 Å². The predicted octanol–water partition coefficient (Wildman–Crippen LogP) is 5.27. The molecule has 3 fully saturated rings. The number of hydrogen-bond acceptors (Lipinski definition) is 3. The third kappa shape index (κ3) is 2.96. The highest BCUT2D eigenvalue weighted by molar-refractivity contribution is 5.91. The second-order valence-electron chi connectivity index (χ2n) is 10.0. The Labute approximate surface area is 164 Å². The molecule has 0 saturated heterocycles. The van der Waals surface area contributed by atoms with Crippen LogP contribution < -0.4 is 0 Å². The first-order chi connectivity index (χ1) is 12.9. The number of carbonyl (C=O) groups is 2. The van der Waals surface area contributed by atoms with Gasteiger partial charge in [0.15, 0.2) is 5.78 Å². The van der Waals surface area contributed by atoms with Crippen LogP contribution in [0.4, 0.5) is 0 Å². The largest absolute Gasteiger partial charge is 0.377 e. The fourth-order valence-corrected chi connectivity index (χ4v) is 7.10. The fraction of sp³-hybridized carbons (Fsp3) is 0.833. The second-order valence-corrected chi connectivity index (χ2v) is 10.0. The van der Waals surface area contributed by atoms with Gasteiger partial charge in [-0.3, -0.25) is 9.59 Å². The zero-order chi connectivity index (χ0) is 19.2. The molecule has 4 aliphatic rings. The minimum absolute atomic E-state index is 0.0596. The molecule has 27 heavy (non-hydrogen) atoms. The van der Waals surface area contributed by atoms with Crippen molar-refractivity contribution in [1.29, 1.82) is 0 Å². The SMILES string of the molecule is CCCCCOC1C[C@@H]2[C@@H](CCC3=CC(=O)CC[C@@]32C)[C@@H]2CCC(=O)[C@@]12C. The van der Waals surface area contributed by atoms with Crippen molar-refractivity contribution in [3.05, 3.63) is 11.6 Å². The average molecular weight is 373 g/mol. The van der Waals surface area contributed by atoms with E-state index in [9.17, 15) is 9.59 Å². The number of allylic oxidation sites excluding steroid dienone is 1. The van der Waals surface area contributed by atoms with Gasteiger partial charge in [0, 0.05) is 19.4 Å². The normalized spacial score (nSPS) is 43.7. The summed E-state index contributed by atoms with van der Waals surface area (Å²) in [6, 6.07) is 0. The smallest absolute Gasteiger partial charge is 0.155 e. The van der Waals surface area contributed by atoms with Crippen LogP contribution in [0.15, 0.2) is 11.6 Å². The van der Waals surface area contributed by atoms with Crippen LogP contribution in [0.2, 0.25) is 0 Å². The number of rotatable bonds is 5. The number of ketones is 2. The number of Topliss-reactive ketones (excluding diaryl/α,β-unsaturated/α-hetero) is 1. The van der Waals surface area contributed by atoms with E-state index in [-0.39, 0.29) is 16.9 Å². The molecule has 3 nitrogen and oxygen atoms in total. The molecule has 0 spiro atoms. The van der Waals surface area contributed by atoms with Gasteiger partial charge in [0.2, 0.25) is 0 Å². The van der Waals surface area contributed by atoms with Crippen molar-refractivity contribution in [2.24, 2.45) is 28.6 Å². The molecule has 0 N–H and O–H groups in total. The molecule has 0 heterocycles. The summed E-state index contributed by atoms with van der Waals surface area (Å²) >= 11 is 0. The molecule has 6 atom stereocenters. The van der Waals surface area contributed by atoms with Gasteiger partial charge in [-0.1, -0.05) is 32.3 Å². The van der Waals surface area contributed by atoms with Crippen LogP contribution in [0.25, 0.3) is 0 Å². The van der Waals surface area contributed by atoms with E-state index in [1.807, 2.05) is 6.08 Å². The molecule has 0 aliphatic heterocycles. The average Bonchev–Trinajstić information content (AvgIpc) is 2.96. The summed E-state index contributed by atoms with van der Waals surface area (Å²) in [5.74, 6) is 2.40. The van der Waals surface area contributed by atoms with Gasteiger partial charge < -0.3 is 4.74 Å². The highest BCUT2D eigenvalue weighted by Crippen LogP contribution is 2.64. The number of unbranched alkanes of at least 4 members (excludes halogenated alkanes) is 2. The lowest BCUT2D eigenvalue weighted by Gasteiger charge is -2.59. The van der Waals surface area contributed by atoms with E-state index in [2.05, 4.69) is 20.8 Å². The molecule has 4 aliphatic carbocycles. The Bertz CT molecular complexity index is 650. The van der Waals surface area contributed by atoms with Crippen molar-refractivity contribution >= 4 is 11.6 Å². The van der Waals surface area contributed by atoms with E-state index in [0.29, 0.717) is 35.7 Å². The van der Waals surface area contributed by atoms with Crippen molar-refractivity contribution in [2.45, 2.75) is 91.1 Å². The predicted molar refractivity (Wildman–Crippen MR) is 106 cm³/mol. The highest BCUT2D eigenvalue weighted by Gasteiger charge is 2.63. The van der Waals surface area contributed by atoms with E-state index in [1.54, 1.807) is 0 Å². The number of carbonyl (C=O) groups excluding carboxylic acids is 2. The molecule has 150 valence electrons. The Morgan fingerprint density at radius 1 is 1.07 bits per heavy atom. The lowest BCUT2D eigenvalue weighted by molar-refractivity contribution is -0.161. The van der Waals surface area contributed by atoms with Crippen molar-refractivity contribution < 1.29 is 14.3 Å². The minimum Gasteiger partial charge on any atom is -0.377 e. The van der Waals surface area contributed by atoms with Gasteiger partial charge in [-0.15, -0.1) is 0 Å². The van der Waals surface area contributed by atoms with E-state index >= 15 is 0 Å². The Kier molecular flexibility index (Phi) is 5.12. The van der Waals surface area contributed by atoms with E-state index in [0.717, 1.165) is 51.6 Å². The summed E-state index contributed by atoms with van der Waals surface area (Å²) in [5, 5.41) is 0. The number of fused-ring (bicyclic) bond motifs is 5. The van der Waals surface area contributed by atoms with Gasteiger partial charge in [0.25, 0.3) is 0 Å². The van der Waals surface area contributed by atoms with Gasteiger partial charge in [-0.25, -0.2) is 0 Å². The first-order valence-corrected chi connectivity index (χ1v) is 11.3. The fourth-order valence-electron chi connectivity index (χ4n) is 7.10. The quantitative estimate of drug-likeness (QED) is 0.617. The van der Waals surface area contributed by atoms with Crippen LogP contribution >= 0.6 is 0 Å². The Morgan fingerprint density at radius 3 is 2.67 bits per heavy atom. The summed E-state index contributed by atoms with van der Waals surface area (Å²) < 4.78 is 6.46. The maximum absolute atomic E-state index is 13.0. The van der Waals surface area contributed by atoms with Gasteiger partial charge in [-0.2, -0.15) is 0 Å². The van der Waals surface area contributed by atoms with Crippen molar-refractivity contribution in [3.63, 3.8) is 0 Å². The van der Waals surface area contributed by atoms with Crippen molar-refractivity contribution in [2.75, 3.05) is 6.61 Å². The van der Waals surface area contributed by atoms with Crippen LogP contribution in [0.3, 0.4) is 0 Å². The zero-order valence-corrected chi connectivity index (χ0v) is 17.4. The van der Waals surface area contributed by atoms with Gasteiger partial charge in [-0.05, 0) is 74.7 Å². The van der Waals surface area contributed by atoms with Crippen LogP contribution in [-0.4, -0.2) is 24.3 Å². The Hall–Kier alpha value is -0.960. The molecule has 4 rings (SSSR count). The molecule has 0 amide bonds. The summed E-state index contributed by atoms with van der Waals surface area (Å²) in [6.45, 7) is 7.61. The molecule has 0 aromatic rings. The molecular formula is C24H36O3. The molecular weight excluding hydrogens is 336 g/mol.